The highest BCUT2D eigenvalue weighted by molar-refractivity contribution is 5.90. The first-order valence-electron chi connectivity index (χ1n) is 10.2. The quantitative estimate of drug-likeness (QED) is 0.452. The summed E-state index contributed by atoms with van der Waals surface area (Å²) in [5, 5.41) is 6.12. The minimum atomic E-state index is -0.762. The number of H-pyrrole nitrogens is 1. The van der Waals surface area contributed by atoms with Crippen LogP contribution in [0.4, 0.5) is 5.69 Å². The van der Waals surface area contributed by atoms with Gasteiger partial charge in [0.2, 0.25) is 5.91 Å². The summed E-state index contributed by atoms with van der Waals surface area (Å²) in [6.45, 7) is 0.125. The van der Waals surface area contributed by atoms with E-state index in [9.17, 15) is 9.59 Å². The number of aromatic amines is 1. The topological polar surface area (TPSA) is 74.4 Å². The Morgan fingerprint density at radius 3 is 2.58 bits per heavy atom. The Labute approximate surface area is 180 Å². The van der Waals surface area contributed by atoms with Crippen LogP contribution in [0, 0.1) is 0 Å². The number of nitrogens with one attached hydrogen (secondary N) is 2. The molecule has 0 spiro atoms. The van der Waals surface area contributed by atoms with E-state index in [0.717, 1.165) is 32.9 Å². The average Bonchev–Trinajstić information content (AvgIpc) is 3.20. The molecular formula is C25H25N3O3. The van der Waals surface area contributed by atoms with Gasteiger partial charge in [-0.2, -0.15) is 0 Å². The monoisotopic (exact) mass is 415 g/mol. The minimum Gasteiger partial charge on any atom is -0.467 e. The Morgan fingerprint density at radius 1 is 1.03 bits per heavy atom. The zero-order valence-corrected chi connectivity index (χ0v) is 17.6. The SMILES string of the molecule is COC(=O)[C@@H](Cc1c[nH]c2ccccc12)NC(=O)CN(C)c1ccc2ccccc2c1. The molecule has 31 heavy (non-hydrogen) atoms. The Kier molecular flexibility index (Phi) is 5.89. The van der Waals surface area contributed by atoms with Crippen LogP contribution in [0.15, 0.2) is 72.9 Å². The summed E-state index contributed by atoms with van der Waals surface area (Å²) in [7, 11) is 3.19. The maximum absolute atomic E-state index is 12.7. The molecule has 1 atom stereocenters. The second kappa shape index (κ2) is 8.92. The molecule has 0 bridgehead atoms. The lowest BCUT2D eigenvalue weighted by Gasteiger charge is -2.22. The van der Waals surface area contributed by atoms with Gasteiger partial charge in [-0.15, -0.1) is 0 Å². The van der Waals surface area contributed by atoms with Crippen molar-refractivity contribution in [3.8, 4) is 0 Å². The van der Waals surface area contributed by atoms with E-state index in [1.54, 1.807) is 0 Å². The van der Waals surface area contributed by atoms with Crippen LogP contribution in [-0.2, 0) is 20.7 Å². The number of fused-ring (bicyclic) bond motifs is 2. The molecule has 6 heteroatoms. The zero-order valence-electron chi connectivity index (χ0n) is 17.6. The first kappa shape index (κ1) is 20.5. The number of aromatic nitrogens is 1. The Balaban J connectivity index is 1.46. The van der Waals surface area contributed by atoms with Crippen molar-refractivity contribution in [2.45, 2.75) is 12.5 Å². The van der Waals surface area contributed by atoms with Gasteiger partial charge < -0.3 is 19.9 Å². The summed E-state index contributed by atoms with van der Waals surface area (Å²) in [4.78, 5) is 30.2. The molecule has 1 aromatic heterocycles. The minimum absolute atomic E-state index is 0.125. The molecule has 4 rings (SSSR count). The summed E-state index contributed by atoms with van der Waals surface area (Å²) < 4.78 is 4.93. The first-order valence-corrected chi connectivity index (χ1v) is 10.2. The van der Waals surface area contributed by atoms with Crippen LogP contribution in [0.5, 0.6) is 0 Å². The van der Waals surface area contributed by atoms with Crippen LogP contribution in [0.1, 0.15) is 5.56 Å². The van der Waals surface area contributed by atoms with Gasteiger partial charge in [0.15, 0.2) is 0 Å². The fourth-order valence-electron chi connectivity index (χ4n) is 3.82. The number of likely N-dealkylation sites (N-methyl/N-ethyl adjacent to an activating group) is 1. The number of anilines is 1. The van der Waals surface area contributed by atoms with Crippen molar-refractivity contribution >= 4 is 39.2 Å². The summed E-state index contributed by atoms with van der Waals surface area (Å²) in [6.07, 6.45) is 2.22. The van der Waals surface area contributed by atoms with Crippen LogP contribution >= 0.6 is 0 Å². The number of benzene rings is 3. The van der Waals surface area contributed by atoms with Crippen molar-refractivity contribution in [2.24, 2.45) is 0 Å². The number of esters is 1. The van der Waals surface area contributed by atoms with Crippen LogP contribution < -0.4 is 10.2 Å². The molecule has 158 valence electrons. The lowest BCUT2D eigenvalue weighted by atomic mass is 10.0. The number of carbonyl (C=O) groups excluding carboxylic acids is 2. The average molecular weight is 415 g/mol. The number of para-hydroxylation sites is 1. The van der Waals surface area contributed by atoms with Crippen molar-refractivity contribution in [1.82, 2.24) is 10.3 Å². The first-order chi connectivity index (χ1) is 15.0. The Bertz CT molecular complexity index is 1230. The number of rotatable bonds is 7. The van der Waals surface area contributed by atoms with Gasteiger partial charge in [0, 0.05) is 36.3 Å². The molecule has 0 radical (unpaired) electrons. The van der Waals surface area contributed by atoms with E-state index >= 15 is 0 Å². The lowest BCUT2D eigenvalue weighted by Crippen LogP contribution is -2.46. The number of ether oxygens (including phenoxy) is 1. The van der Waals surface area contributed by atoms with Crippen molar-refractivity contribution in [3.05, 3.63) is 78.5 Å². The van der Waals surface area contributed by atoms with Crippen molar-refractivity contribution in [2.75, 3.05) is 25.6 Å². The Morgan fingerprint density at radius 2 is 1.77 bits per heavy atom. The van der Waals surface area contributed by atoms with Gasteiger partial charge in [0.1, 0.15) is 6.04 Å². The van der Waals surface area contributed by atoms with Crippen LogP contribution in [0.25, 0.3) is 21.7 Å². The third-order valence-electron chi connectivity index (χ3n) is 5.47. The van der Waals surface area contributed by atoms with E-state index in [0.29, 0.717) is 6.42 Å². The van der Waals surface area contributed by atoms with Crippen LogP contribution in [-0.4, -0.2) is 43.6 Å². The molecule has 0 aliphatic rings. The van der Waals surface area contributed by atoms with E-state index in [-0.39, 0.29) is 12.5 Å². The highest BCUT2D eigenvalue weighted by Crippen LogP contribution is 2.22. The number of carbonyl (C=O) groups is 2. The third kappa shape index (κ3) is 4.53. The molecule has 0 fully saturated rings. The van der Waals surface area contributed by atoms with Gasteiger partial charge in [-0.1, -0.05) is 48.5 Å². The normalized spacial score (nSPS) is 11.9. The second-order valence-electron chi connectivity index (χ2n) is 7.59. The molecule has 0 aliphatic carbocycles. The second-order valence-corrected chi connectivity index (χ2v) is 7.59. The fraction of sp³-hybridized carbons (Fsp3) is 0.200. The van der Waals surface area contributed by atoms with Crippen molar-refractivity contribution in [1.29, 1.82) is 0 Å². The van der Waals surface area contributed by atoms with E-state index in [2.05, 4.69) is 16.4 Å². The number of methoxy groups -OCH3 is 1. The van der Waals surface area contributed by atoms with Crippen LogP contribution in [0.2, 0.25) is 0 Å². The molecule has 0 saturated carbocycles. The molecule has 3 aromatic carbocycles. The molecule has 4 aromatic rings. The summed E-state index contributed by atoms with van der Waals surface area (Å²) in [6, 6.07) is 21.3. The molecule has 0 unspecified atom stereocenters. The molecular weight excluding hydrogens is 390 g/mol. The maximum Gasteiger partial charge on any atom is 0.328 e. The largest absolute Gasteiger partial charge is 0.467 e. The number of amides is 1. The van der Waals surface area contributed by atoms with Crippen LogP contribution in [0.3, 0.4) is 0 Å². The predicted octanol–water partition coefficient (Wildman–Crippen LogP) is 3.66. The highest BCUT2D eigenvalue weighted by Gasteiger charge is 2.24. The fourth-order valence-corrected chi connectivity index (χ4v) is 3.82. The van der Waals surface area contributed by atoms with Gasteiger partial charge in [-0.25, -0.2) is 4.79 Å². The van der Waals surface area contributed by atoms with E-state index in [1.807, 2.05) is 78.8 Å². The summed E-state index contributed by atoms with van der Waals surface area (Å²) in [5.41, 5.74) is 2.87. The summed E-state index contributed by atoms with van der Waals surface area (Å²) >= 11 is 0. The van der Waals surface area contributed by atoms with Crippen molar-refractivity contribution < 1.29 is 14.3 Å². The molecule has 6 nitrogen and oxygen atoms in total. The van der Waals surface area contributed by atoms with Gasteiger partial charge >= 0.3 is 5.97 Å². The van der Waals surface area contributed by atoms with Gasteiger partial charge in [0.05, 0.1) is 13.7 Å². The summed E-state index contributed by atoms with van der Waals surface area (Å²) in [5.74, 6) is -0.710. The molecule has 0 saturated heterocycles. The van der Waals surface area contributed by atoms with Gasteiger partial charge in [-0.05, 0) is 34.5 Å². The maximum atomic E-state index is 12.7. The van der Waals surface area contributed by atoms with Crippen molar-refractivity contribution in [3.63, 3.8) is 0 Å². The Hall–Kier alpha value is -3.80. The molecule has 0 aliphatic heterocycles. The van der Waals surface area contributed by atoms with E-state index in [1.165, 1.54) is 7.11 Å². The van der Waals surface area contributed by atoms with Gasteiger partial charge in [-0.3, -0.25) is 4.79 Å². The standard InChI is InChI=1S/C25H25N3O3/c1-28(20-12-11-17-7-3-4-8-18(17)13-20)16-24(29)27-23(25(30)31-2)14-19-15-26-22-10-6-5-9-21(19)22/h3-13,15,23,26H,14,16H2,1-2H3,(H,27,29)/t23-/m1/s1. The zero-order chi connectivity index (χ0) is 21.8. The predicted molar refractivity (Wildman–Crippen MR) is 123 cm³/mol. The molecule has 2 N–H and O–H groups in total. The lowest BCUT2D eigenvalue weighted by molar-refractivity contribution is -0.144. The molecule has 1 amide bonds. The van der Waals surface area contributed by atoms with Gasteiger partial charge in [0.25, 0.3) is 0 Å². The highest BCUT2D eigenvalue weighted by atomic mass is 16.5. The van der Waals surface area contributed by atoms with E-state index < -0.39 is 12.0 Å². The smallest absolute Gasteiger partial charge is 0.328 e. The van der Waals surface area contributed by atoms with E-state index in [4.69, 9.17) is 4.74 Å². The number of hydrogen-bond donors (Lipinski definition) is 2. The molecule has 1 heterocycles. The number of nitrogens with zero attached hydrogens (tertiary/aromatic N) is 1. The third-order valence-corrected chi connectivity index (χ3v) is 5.47. The number of hydrogen-bond acceptors (Lipinski definition) is 4.